The van der Waals surface area contributed by atoms with Gasteiger partial charge in [0.25, 0.3) is 0 Å². The lowest BCUT2D eigenvalue weighted by Gasteiger charge is -2.24. The second kappa shape index (κ2) is 7.34. The third kappa shape index (κ3) is 3.35. The van der Waals surface area contributed by atoms with Gasteiger partial charge in [0, 0.05) is 25.4 Å². The summed E-state index contributed by atoms with van der Waals surface area (Å²) in [7, 11) is 0. The highest BCUT2D eigenvalue weighted by molar-refractivity contribution is 5.98. The van der Waals surface area contributed by atoms with Crippen LogP contribution in [-0.4, -0.2) is 33.9 Å². The Balaban J connectivity index is 1.77. The smallest absolute Gasteiger partial charge is 0.247 e. The van der Waals surface area contributed by atoms with Crippen LogP contribution in [0.4, 0.5) is 5.69 Å². The molecule has 1 aliphatic rings. The Morgan fingerprint density at radius 1 is 1.17 bits per heavy atom. The van der Waals surface area contributed by atoms with E-state index < -0.39 is 0 Å². The zero-order chi connectivity index (χ0) is 16.9. The van der Waals surface area contributed by atoms with E-state index in [1.165, 1.54) is 0 Å². The predicted octanol–water partition coefficient (Wildman–Crippen LogP) is 3.21. The molecule has 1 aromatic heterocycles. The van der Waals surface area contributed by atoms with Crippen LogP contribution in [0.5, 0.6) is 0 Å². The minimum absolute atomic E-state index is 0.0776. The van der Waals surface area contributed by atoms with Gasteiger partial charge < -0.3 is 14.8 Å². The van der Waals surface area contributed by atoms with E-state index in [1.54, 1.807) is 4.90 Å². The van der Waals surface area contributed by atoms with Gasteiger partial charge in [-0.2, -0.15) is 0 Å². The van der Waals surface area contributed by atoms with Crippen molar-refractivity contribution in [3.63, 3.8) is 0 Å². The molecule has 5 nitrogen and oxygen atoms in total. The summed E-state index contributed by atoms with van der Waals surface area (Å²) in [6.07, 6.45) is 6.80. The third-order valence-electron chi connectivity index (χ3n) is 4.38. The number of likely N-dealkylation sites (tertiary alicyclic amines) is 1. The second-order valence-corrected chi connectivity index (χ2v) is 6.09. The zero-order valence-corrected chi connectivity index (χ0v) is 13.9. The van der Waals surface area contributed by atoms with Gasteiger partial charge in [-0.1, -0.05) is 19.1 Å². The van der Waals surface area contributed by atoms with Crippen LogP contribution in [-0.2, 0) is 9.59 Å². The summed E-state index contributed by atoms with van der Waals surface area (Å²) < 4.78 is 1.96. The molecule has 2 aromatic rings. The molecule has 0 bridgehead atoms. The second-order valence-electron chi connectivity index (χ2n) is 6.09. The van der Waals surface area contributed by atoms with Gasteiger partial charge in [0.2, 0.25) is 11.8 Å². The number of hydrogen-bond donors (Lipinski definition) is 1. The number of para-hydroxylation sites is 2. The summed E-state index contributed by atoms with van der Waals surface area (Å²) in [5, 5.41) is 3.01. The number of nitrogens with one attached hydrogen (secondary N) is 1. The van der Waals surface area contributed by atoms with E-state index in [9.17, 15) is 9.59 Å². The van der Waals surface area contributed by atoms with Crippen LogP contribution < -0.4 is 5.32 Å². The van der Waals surface area contributed by atoms with Gasteiger partial charge in [-0.05, 0) is 43.5 Å². The number of anilines is 1. The number of nitrogens with zero attached hydrogens (tertiary/aromatic N) is 2. The van der Waals surface area contributed by atoms with Gasteiger partial charge in [0.1, 0.15) is 6.04 Å². The maximum atomic E-state index is 12.7. The fraction of sp³-hybridized carbons (Fsp3) is 0.368. The van der Waals surface area contributed by atoms with Crippen LogP contribution in [0, 0.1) is 0 Å². The Morgan fingerprint density at radius 2 is 1.92 bits per heavy atom. The van der Waals surface area contributed by atoms with Gasteiger partial charge >= 0.3 is 0 Å². The van der Waals surface area contributed by atoms with E-state index in [0.29, 0.717) is 13.0 Å². The van der Waals surface area contributed by atoms with E-state index in [1.807, 2.05) is 60.3 Å². The molecule has 0 saturated carbocycles. The summed E-state index contributed by atoms with van der Waals surface area (Å²) in [4.78, 5) is 26.7. The van der Waals surface area contributed by atoms with Crippen molar-refractivity contribution in [3.8, 4) is 5.69 Å². The van der Waals surface area contributed by atoms with Crippen LogP contribution in [0.1, 0.15) is 32.6 Å². The standard InChI is InChI=1S/C19H23N3O2/c1-2-8-18(23)22-14-7-11-17(22)19(24)20-15-9-3-4-10-16(15)21-12-5-6-13-21/h3-6,9-10,12-13,17H,2,7-8,11,14H2,1H3,(H,20,24)/t17-/m0/s1. The van der Waals surface area contributed by atoms with Gasteiger partial charge in [0.05, 0.1) is 11.4 Å². The molecule has 0 unspecified atom stereocenters. The third-order valence-corrected chi connectivity index (χ3v) is 4.38. The molecule has 1 fully saturated rings. The first kappa shape index (κ1) is 16.3. The largest absolute Gasteiger partial charge is 0.331 e. The minimum Gasteiger partial charge on any atom is -0.331 e. The first-order valence-corrected chi connectivity index (χ1v) is 8.53. The van der Waals surface area contributed by atoms with Crippen molar-refractivity contribution in [1.82, 2.24) is 9.47 Å². The highest BCUT2D eigenvalue weighted by atomic mass is 16.2. The molecule has 2 heterocycles. The molecular formula is C19H23N3O2. The van der Waals surface area contributed by atoms with Crippen LogP contribution in [0.15, 0.2) is 48.8 Å². The molecule has 1 atom stereocenters. The SMILES string of the molecule is CCCC(=O)N1CCC[C@H]1C(=O)Nc1ccccc1-n1cccc1. The summed E-state index contributed by atoms with van der Waals surface area (Å²) in [5.74, 6) is -0.0228. The van der Waals surface area contributed by atoms with Crippen LogP contribution in [0.2, 0.25) is 0 Å². The molecule has 1 N–H and O–H groups in total. The van der Waals surface area contributed by atoms with Gasteiger partial charge in [-0.25, -0.2) is 0 Å². The van der Waals surface area contributed by atoms with E-state index in [2.05, 4.69) is 5.32 Å². The number of carbonyl (C=O) groups excluding carboxylic acids is 2. The lowest BCUT2D eigenvalue weighted by atomic mass is 10.1. The van der Waals surface area contributed by atoms with Crippen molar-refractivity contribution in [2.45, 2.75) is 38.6 Å². The first-order chi connectivity index (χ1) is 11.7. The number of benzene rings is 1. The quantitative estimate of drug-likeness (QED) is 0.918. The van der Waals surface area contributed by atoms with E-state index in [4.69, 9.17) is 0 Å². The van der Waals surface area contributed by atoms with E-state index in [-0.39, 0.29) is 17.9 Å². The molecule has 0 radical (unpaired) electrons. The number of carbonyl (C=O) groups is 2. The maximum absolute atomic E-state index is 12.7. The average Bonchev–Trinajstić information content (AvgIpc) is 3.27. The van der Waals surface area contributed by atoms with Crippen LogP contribution in [0.25, 0.3) is 5.69 Å². The van der Waals surface area contributed by atoms with Gasteiger partial charge in [-0.3, -0.25) is 9.59 Å². The Kier molecular flexibility index (Phi) is 4.99. The topological polar surface area (TPSA) is 54.3 Å². The molecule has 0 spiro atoms. The van der Waals surface area contributed by atoms with Crippen molar-refractivity contribution >= 4 is 17.5 Å². The fourth-order valence-electron chi connectivity index (χ4n) is 3.21. The zero-order valence-electron chi connectivity index (χ0n) is 13.9. The molecule has 24 heavy (non-hydrogen) atoms. The Labute approximate surface area is 142 Å². The molecule has 1 aliphatic heterocycles. The number of aromatic nitrogens is 1. The van der Waals surface area contributed by atoms with Crippen molar-refractivity contribution in [3.05, 3.63) is 48.8 Å². The molecule has 1 saturated heterocycles. The lowest BCUT2D eigenvalue weighted by molar-refractivity contribution is -0.136. The summed E-state index contributed by atoms with van der Waals surface area (Å²) in [5.41, 5.74) is 1.67. The van der Waals surface area contributed by atoms with Crippen molar-refractivity contribution in [1.29, 1.82) is 0 Å². The molecule has 126 valence electrons. The van der Waals surface area contributed by atoms with Crippen LogP contribution in [0.3, 0.4) is 0 Å². The number of amides is 2. The fourth-order valence-corrected chi connectivity index (χ4v) is 3.21. The summed E-state index contributed by atoms with van der Waals surface area (Å²) >= 11 is 0. The van der Waals surface area contributed by atoms with Crippen LogP contribution >= 0.6 is 0 Å². The lowest BCUT2D eigenvalue weighted by Crippen LogP contribution is -2.43. The van der Waals surface area contributed by atoms with Gasteiger partial charge in [-0.15, -0.1) is 0 Å². The molecule has 2 amide bonds. The van der Waals surface area contributed by atoms with Crippen molar-refractivity contribution in [2.75, 3.05) is 11.9 Å². The Hall–Kier alpha value is -2.56. The summed E-state index contributed by atoms with van der Waals surface area (Å²) in [6.45, 7) is 2.66. The van der Waals surface area contributed by atoms with E-state index in [0.717, 1.165) is 30.6 Å². The van der Waals surface area contributed by atoms with Gasteiger partial charge in [0.15, 0.2) is 0 Å². The molecule has 0 aliphatic carbocycles. The van der Waals surface area contributed by atoms with Crippen molar-refractivity contribution < 1.29 is 9.59 Å². The maximum Gasteiger partial charge on any atom is 0.247 e. The molecule has 5 heteroatoms. The summed E-state index contributed by atoms with van der Waals surface area (Å²) in [6, 6.07) is 11.2. The highest BCUT2D eigenvalue weighted by Crippen LogP contribution is 2.24. The monoisotopic (exact) mass is 325 g/mol. The number of rotatable bonds is 5. The average molecular weight is 325 g/mol. The minimum atomic E-state index is -0.359. The number of hydrogen-bond acceptors (Lipinski definition) is 2. The normalized spacial score (nSPS) is 17.0. The Bertz CT molecular complexity index is 709. The molecule has 3 rings (SSSR count). The highest BCUT2D eigenvalue weighted by Gasteiger charge is 2.33. The first-order valence-electron chi connectivity index (χ1n) is 8.53. The molecular weight excluding hydrogens is 302 g/mol. The predicted molar refractivity (Wildman–Crippen MR) is 94.0 cm³/mol. The Morgan fingerprint density at radius 3 is 2.67 bits per heavy atom. The van der Waals surface area contributed by atoms with Crippen molar-refractivity contribution in [2.24, 2.45) is 0 Å². The molecule has 1 aromatic carbocycles. The van der Waals surface area contributed by atoms with E-state index >= 15 is 0 Å².